The minimum Gasteiger partial charge on any atom is -0.496 e. The fraction of sp³-hybridized carbons (Fsp3) is 0.647. The van der Waals surface area contributed by atoms with Gasteiger partial charge in [0.2, 0.25) is 0 Å². The third-order valence-corrected chi connectivity index (χ3v) is 5.04. The molecule has 2 fully saturated rings. The summed E-state index contributed by atoms with van der Waals surface area (Å²) in [5.41, 5.74) is 7.49. The second-order valence-electron chi connectivity index (χ2n) is 6.43. The maximum absolute atomic E-state index is 6.17. The summed E-state index contributed by atoms with van der Waals surface area (Å²) in [6, 6.07) is 10.8. The predicted octanol–water partition coefficient (Wildman–Crippen LogP) is 2.58. The van der Waals surface area contributed by atoms with Gasteiger partial charge in [-0.3, -0.25) is 4.90 Å². The van der Waals surface area contributed by atoms with Crippen LogP contribution in [0.25, 0.3) is 0 Å². The second kappa shape index (κ2) is 5.74. The lowest BCUT2D eigenvalue weighted by Crippen LogP contribution is -2.51. The first-order chi connectivity index (χ1) is 9.69. The number of hydrogen-bond donors (Lipinski definition) is 1. The summed E-state index contributed by atoms with van der Waals surface area (Å²) in [7, 11) is 1.76. The number of ether oxygens (including phenoxy) is 1. The highest BCUT2D eigenvalue weighted by Crippen LogP contribution is 2.37. The summed E-state index contributed by atoms with van der Waals surface area (Å²) < 4.78 is 5.48. The number of fused-ring (bicyclic) bond motifs is 2. The van der Waals surface area contributed by atoms with Crippen LogP contribution >= 0.6 is 0 Å². The first-order valence-corrected chi connectivity index (χ1v) is 7.84. The van der Waals surface area contributed by atoms with Crippen molar-refractivity contribution in [2.24, 2.45) is 5.73 Å². The summed E-state index contributed by atoms with van der Waals surface area (Å²) in [6.45, 7) is 2.36. The summed E-state index contributed by atoms with van der Waals surface area (Å²) >= 11 is 0. The number of benzene rings is 1. The summed E-state index contributed by atoms with van der Waals surface area (Å²) in [5.74, 6) is 1.01. The van der Waals surface area contributed by atoms with Crippen molar-refractivity contribution in [3.8, 4) is 5.75 Å². The van der Waals surface area contributed by atoms with Crippen molar-refractivity contribution in [3.05, 3.63) is 29.8 Å². The Bertz CT molecular complexity index is 448. The Hall–Kier alpha value is -1.06. The monoisotopic (exact) mass is 274 g/mol. The van der Waals surface area contributed by atoms with Gasteiger partial charge in [-0.05, 0) is 50.7 Å². The molecule has 3 atom stereocenters. The van der Waals surface area contributed by atoms with E-state index < -0.39 is 0 Å². The fourth-order valence-electron chi connectivity index (χ4n) is 4.27. The highest BCUT2D eigenvalue weighted by atomic mass is 16.5. The number of piperidine rings is 1. The summed E-state index contributed by atoms with van der Waals surface area (Å²) in [6.07, 6.45) is 6.06. The van der Waals surface area contributed by atoms with Crippen LogP contribution in [0.4, 0.5) is 0 Å². The van der Waals surface area contributed by atoms with Crippen molar-refractivity contribution in [2.75, 3.05) is 7.11 Å². The average Bonchev–Trinajstić information content (AvgIpc) is 2.72. The van der Waals surface area contributed by atoms with Gasteiger partial charge in [-0.2, -0.15) is 0 Å². The van der Waals surface area contributed by atoms with E-state index in [1.807, 2.05) is 6.07 Å². The molecule has 2 aliphatic heterocycles. The highest BCUT2D eigenvalue weighted by molar-refractivity contribution is 5.33. The molecule has 0 saturated carbocycles. The van der Waals surface area contributed by atoms with Crippen LogP contribution in [0.2, 0.25) is 0 Å². The van der Waals surface area contributed by atoms with Gasteiger partial charge in [-0.1, -0.05) is 18.2 Å². The van der Waals surface area contributed by atoms with Gasteiger partial charge in [0, 0.05) is 24.2 Å². The predicted molar refractivity (Wildman–Crippen MR) is 82.0 cm³/mol. The Morgan fingerprint density at radius 3 is 2.55 bits per heavy atom. The molecule has 0 spiro atoms. The van der Waals surface area contributed by atoms with E-state index in [0.717, 1.165) is 12.2 Å². The van der Waals surface area contributed by atoms with Gasteiger partial charge in [0.05, 0.1) is 7.11 Å². The van der Waals surface area contributed by atoms with E-state index >= 15 is 0 Å². The topological polar surface area (TPSA) is 38.5 Å². The van der Waals surface area contributed by atoms with Gasteiger partial charge < -0.3 is 10.5 Å². The average molecular weight is 274 g/mol. The lowest BCUT2D eigenvalue weighted by molar-refractivity contribution is 0.0852. The zero-order valence-corrected chi connectivity index (χ0v) is 12.6. The normalized spacial score (nSPS) is 31.2. The molecule has 2 bridgehead atoms. The van der Waals surface area contributed by atoms with Crippen molar-refractivity contribution < 1.29 is 4.74 Å². The molecule has 3 nitrogen and oxygen atoms in total. The maximum Gasteiger partial charge on any atom is 0.122 e. The molecule has 0 aromatic heterocycles. The number of para-hydroxylation sites is 1. The van der Waals surface area contributed by atoms with Crippen LogP contribution in [-0.2, 0) is 6.42 Å². The minimum absolute atomic E-state index is 0.419. The Labute approximate surface area is 122 Å². The van der Waals surface area contributed by atoms with E-state index in [4.69, 9.17) is 10.5 Å². The van der Waals surface area contributed by atoms with E-state index in [2.05, 4.69) is 30.0 Å². The Morgan fingerprint density at radius 2 is 1.90 bits per heavy atom. The molecule has 110 valence electrons. The Morgan fingerprint density at radius 1 is 1.25 bits per heavy atom. The van der Waals surface area contributed by atoms with Crippen LogP contribution < -0.4 is 10.5 Å². The van der Waals surface area contributed by atoms with Gasteiger partial charge in [0.1, 0.15) is 5.75 Å². The fourth-order valence-corrected chi connectivity index (χ4v) is 4.27. The number of rotatable bonds is 4. The quantitative estimate of drug-likeness (QED) is 0.917. The summed E-state index contributed by atoms with van der Waals surface area (Å²) in [4.78, 5) is 2.73. The third-order valence-electron chi connectivity index (χ3n) is 5.04. The first-order valence-electron chi connectivity index (χ1n) is 7.84. The molecule has 3 heteroatoms. The lowest BCUT2D eigenvalue weighted by Gasteiger charge is -2.41. The maximum atomic E-state index is 6.17. The van der Waals surface area contributed by atoms with Crippen molar-refractivity contribution in [1.29, 1.82) is 0 Å². The first kappa shape index (κ1) is 13.9. The zero-order valence-electron chi connectivity index (χ0n) is 12.6. The van der Waals surface area contributed by atoms with Gasteiger partial charge in [0.15, 0.2) is 0 Å². The Kier molecular flexibility index (Phi) is 3.99. The minimum atomic E-state index is 0.419. The van der Waals surface area contributed by atoms with Crippen LogP contribution in [0.1, 0.15) is 38.2 Å². The molecule has 1 aromatic rings. The molecular weight excluding hydrogens is 248 g/mol. The van der Waals surface area contributed by atoms with E-state index in [9.17, 15) is 0 Å². The molecule has 2 N–H and O–H groups in total. The van der Waals surface area contributed by atoms with E-state index in [1.165, 1.54) is 31.2 Å². The van der Waals surface area contributed by atoms with Crippen molar-refractivity contribution >= 4 is 0 Å². The van der Waals surface area contributed by atoms with Crippen LogP contribution in [0.5, 0.6) is 5.75 Å². The Balaban J connectivity index is 1.72. The molecule has 3 unspecified atom stereocenters. The molecule has 1 aromatic carbocycles. The van der Waals surface area contributed by atoms with E-state index in [0.29, 0.717) is 24.2 Å². The molecule has 2 aliphatic rings. The standard InChI is InChI=1S/C17H26N2O/c1-12(9-13-5-3-4-6-17(13)20-2)19-15-7-8-16(19)11-14(18)10-15/h3-6,12,14-16H,7-11,18H2,1-2H3. The summed E-state index contributed by atoms with van der Waals surface area (Å²) in [5, 5.41) is 0. The molecule has 2 heterocycles. The smallest absolute Gasteiger partial charge is 0.122 e. The van der Waals surface area contributed by atoms with Crippen molar-refractivity contribution in [1.82, 2.24) is 4.90 Å². The van der Waals surface area contributed by atoms with Gasteiger partial charge in [0.25, 0.3) is 0 Å². The van der Waals surface area contributed by atoms with E-state index in [1.54, 1.807) is 7.11 Å². The van der Waals surface area contributed by atoms with Crippen LogP contribution in [-0.4, -0.2) is 36.2 Å². The van der Waals surface area contributed by atoms with Crippen LogP contribution in [0.15, 0.2) is 24.3 Å². The van der Waals surface area contributed by atoms with Crippen LogP contribution in [0, 0.1) is 0 Å². The van der Waals surface area contributed by atoms with E-state index in [-0.39, 0.29) is 0 Å². The number of nitrogens with two attached hydrogens (primary N) is 1. The molecule has 0 amide bonds. The third kappa shape index (κ3) is 2.57. The molecule has 0 radical (unpaired) electrons. The molecule has 20 heavy (non-hydrogen) atoms. The molecule has 2 saturated heterocycles. The number of methoxy groups -OCH3 is 1. The van der Waals surface area contributed by atoms with Gasteiger partial charge in [-0.15, -0.1) is 0 Å². The molecule has 3 rings (SSSR count). The molecular formula is C17H26N2O. The van der Waals surface area contributed by atoms with Crippen molar-refractivity contribution in [2.45, 2.75) is 63.2 Å². The largest absolute Gasteiger partial charge is 0.496 e. The number of nitrogens with zero attached hydrogens (tertiary/aromatic N) is 1. The van der Waals surface area contributed by atoms with Crippen LogP contribution in [0.3, 0.4) is 0 Å². The second-order valence-corrected chi connectivity index (χ2v) is 6.43. The lowest BCUT2D eigenvalue weighted by atomic mass is 9.94. The van der Waals surface area contributed by atoms with Gasteiger partial charge >= 0.3 is 0 Å². The highest BCUT2D eigenvalue weighted by Gasteiger charge is 2.41. The molecule has 0 aliphatic carbocycles. The number of hydrogen-bond acceptors (Lipinski definition) is 3. The zero-order chi connectivity index (χ0) is 14.1. The van der Waals surface area contributed by atoms with Gasteiger partial charge in [-0.25, -0.2) is 0 Å². The van der Waals surface area contributed by atoms with Crippen molar-refractivity contribution in [3.63, 3.8) is 0 Å². The SMILES string of the molecule is COc1ccccc1CC(C)N1C2CCC1CC(N)C2.